The van der Waals surface area contributed by atoms with Crippen LogP contribution in [0.5, 0.6) is 0 Å². The number of esters is 1. The second-order valence-electron chi connectivity index (χ2n) is 4.21. The molecule has 2 rings (SSSR count). The van der Waals surface area contributed by atoms with Crippen molar-refractivity contribution in [3.05, 3.63) is 0 Å². The zero-order valence-corrected chi connectivity index (χ0v) is 8.22. The van der Waals surface area contributed by atoms with Crippen molar-refractivity contribution in [3.8, 4) is 0 Å². The van der Waals surface area contributed by atoms with Crippen molar-refractivity contribution >= 4 is 5.97 Å². The van der Waals surface area contributed by atoms with Crippen LogP contribution in [0.15, 0.2) is 0 Å². The Kier molecular flexibility index (Phi) is 2.49. The van der Waals surface area contributed by atoms with Gasteiger partial charge in [-0.1, -0.05) is 0 Å². The smallest absolute Gasteiger partial charge is 0.309 e. The van der Waals surface area contributed by atoms with Gasteiger partial charge in [0.2, 0.25) is 0 Å². The van der Waals surface area contributed by atoms with Crippen LogP contribution in [0.25, 0.3) is 0 Å². The first-order valence-corrected chi connectivity index (χ1v) is 5.18. The fourth-order valence-electron chi connectivity index (χ4n) is 2.55. The van der Waals surface area contributed by atoms with Crippen molar-refractivity contribution < 1.29 is 19.7 Å². The number of carbonyl (C=O) groups is 1. The van der Waals surface area contributed by atoms with Crippen LogP contribution in [0.4, 0.5) is 0 Å². The first-order chi connectivity index (χ1) is 6.65. The van der Waals surface area contributed by atoms with Gasteiger partial charge in [-0.05, 0) is 31.6 Å². The summed E-state index contributed by atoms with van der Waals surface area (Å²) in [6.07, 6.45) is -0.240. The molecule has 0 bridgehead atoms. The molecule has 14 heavy (non-hydrogen) atoms. The summed E-state index contributed by atoms with van der Waals surface area (Å²) in [7, 11) is 0. The maximum atomic E-state index is 11.4. The molecule has 2 N–H and O–H groups in total. The SMILES string of the molecule is CCOC(=O)C1[C@H]2C[C@@H](O)[C@@H](O)C[C@@H]12. The molecule has 0 radical (unpaired) electrons. The van der Waals surface area contributed by atoms with Crippen LogP contribution < -0.4 is 0 Å². The van der Waals surface area contributed by atoms with E-state index in [2.05, 4.69) is 0 Å². The lowest BCUT2D eigenvalue weighted by atomic mass is 9.95. The lowest BCUT2D eigenvalue weighted by Crippen LogP contribution is -2.30. The number of hydrogen-bond donors (Lipinski definition) is 2. The molecule has 2 saturated carbocycles. The van der Waals surface area contributed by atoms with Gasteiger partial charge in [-0.15, -0.1) is 0 Å². The largest absolute Gasteiger partial charge is 0.466 e. The zero-order valence-electron chi connectivity index (χ0n) is 8.22. The predicted molar refractivity (Wildman–Crippen MR) is 48.4 cm³/mol. The highest BCUT2D eigenvalue weighted by molar-refractivity contribution is 5.76. The van der Waals surface area contributed by atoms with Gasteiger partial charge in [0.15, 0.2) is 0 Å². The van der Waals surface area contributed by atoms with Crippen LogP contribution in [0.3, 0.4) is 0 Å². The van der Waals surface area contributed by atoms with Crippen molar-refractivity contribution in [1.29, 1.82) is 0 Å². The molecule has 0 aromatic carbocycles. The molecular formula is C10H16O4. The second kappa shape index (κ2) is 3.51. The topological polar surface area (TPSA) is 66.8 Å². The summed E-state index contributed by atoms with van der Waals surface area (Å²) in [4.78, 5) is 11.4. The lowest BCUT2D eigenvalue weighted by molar-refractivity contribution is -0.145. The molecule has 4 heteroatoms. The van der Waals surface area contributed by atoms with Gasteiger partial charge in [0.1, 0.15) is 0 Å². The van der Waals surface area contributed by atoms with Crippen LogP contribution >= 0.6 is 0 Å². The van der Waals surface area contributed by atoms with Crippen LogP contribution in [0.2, 0.25) is 0 Å². The molecule has 2 fully saturated rings. The van der Waals surface area contributed by atoms with Crippen LogP contribution in [0.1, 0.15) is 19.8 Å². The Labute approximate surface area is 82.9 Å². The van der Waals surface area contributed by atoms with E-state index in [4.69, 9.17) is 4.74 Å². The van der Waals surface area contributed by atoms with E-state index < -0.39 is 12.2 Å². The molecule has 0 aromatic heterocycles. The predicted octanol–water partition coefficient (Wildman–Crippen LogP) is -0.0727. The fourth-order valence-corrected chi connectivity index (χ4v) is 2.55. The van der Waals surface area contributed by atoms with Crippen molar-refractivity contribution in [2.75, 3.05) is 6.61 Å². The highest BCUT2D eigenvalue weighted by Crippen LogP contribution is 2.55. The average molecular weight is 200 g/mol. The Morgan fingerprint density at radius 1 is 1.29 bits per heavy atom. The Morgan fingerprint density at radius 2 is 1.79 bits per heavy atom. The minimum absolute atomic E-state index is 0.0678. The number of aliphatic hydroxyl groups is 2. The molecule has 0 heterocycles. The first kappa shape index (κ1) is 9.93. The minimum atomic E-state index is -0.657. The molecule has 4 nitrogen and oxygen atoms in total. The zero-order chi connectivity index (χ0) is 10.3. The van der Waals surface area contributed by atoms with Crippen molar-refractivity contribution in [2.45, 2.75) is 32.0 Å². The number of hydrogen-bond acceptors (Lipinski definition) is 4. The van der Waals surface area contributed by atoms with Gasteiger partial charge >= 0.3 is 5.97 Å². The van der Waals surface area contributed by atoms with E-state index in [9.17, 15) is 15.0 Å². The summed E-state index contributed by atoms with van der Waals surface area (Å²) in [6, 6.07) is 0. The minimum Gasteiger partial charge on any atom is -0.466 e. The molecule has 1 unspecified atom stereocenters. The molecule has 0 aliphatic heterocycles. The third-order valence-electron chi connectivity index (χ3n) is 3.36. The molecule has 2 aliphatic carbocycles. The first-order valence-electron chi connectivity index (χ1n) is 5.18. The summed E-state index contributed by atoms with van der Waals surface area (Å²) in [5.41, 5.74) is 0. The quantitative estimate of drug-likeness (QED) is 0.612. The maximum absolute atomic E-state index is 11.4. The number of carbonyl (C=O) groups excluding carboxylic acids is 1. The van der Waals surface area contributed by atoms with E-state index in [1.54, 1.807) is 6.92 Å². The Morgan fingerprint density at radius 3 is 2.21 bits per heavy atom. The van der Waals surface area contributed by atoms with Gasteiger partial charge in [0.25, 0.3) is 0 Å². The molecule has 0 amide bonds. The monoisotopic (exact) mass is 200 g/mol. The van der Waals surface area contributed by atoms with Gasteiger partial charge < -0.3 is 14.9 Å². The van der Waals surface area contributed by atoms with Crippen LogP contribution in [0, 0.1) is 17.8 Å². The Balaban J connectivity index is 1.92. The number of fused-ring (bicyclic) bond motifs is 1. The summed E-state index contributed by atoms with van der Waals surface area (Å²) in [5, 5.41) is 18.8. The fraction of sp³-hybridized carbons (Fsp3) is 0.900. The normalized spacial score (nSPS) is 45.5. The van der Waals surface area contributed by atoms with Crippen molar-refractivity contribution in [1.82, 2.24) is 0 Å². The van der Waals surface area contributed by atoms with Gasteiger partial charge in [-0.2, -0.15) is 0 Å². The highest BCUT2D eigenvalue weighted by Gasteiger charge is 2.59. The lowest BCUT2D eigenvalue weighted by Gasteiger charge is -2.21. The summed E-state index contributed by atoms with van der Waals surface area (Å²) in [6.45, 7) is 2.19. The average Bonchev–Trinajstić information content (AvgIpc) is 2.79. The highest BCUT2D eigenvalue weighted by atomic mass is 16.5. The van der Waals surface area contributed by atoms with Gasteiger partial charge in [0, 0.05) is 0 Å². The molecule has 0 spiro atoms. The molecule has 0 aromatic rings. The van der Waals surface area contributed by atoms with Crippen molar-refractivity contribution in [3.63, 3.8) is 0 Å². The third-order valence-corrected chi connectivity index (χ3v) is 3.36. The summed E-state index contributed by atoms with van der Waals surface area (Å²) in [5.74, 6) is 0.255. The van der Waals surface area contributed by atoms with Gasteiger partial charge in [0.05, 0.1) is 24.7 Å². The van der Waals surface area contributed by atoms with Crippen LogP contribution in [-0.4, -0.2) is 35.0 Å². The van der Waals surface area contributed by atoms with E-state index in [0.29, 0.717) is 19.4 Å². The van der Waals surface area contributed by atoms with Crippen LogP contribution in [-0.2, 0) is 9.53 Å². The number of aliphatic hydroxyl groups excluding tert-OH is 2. The van der Waals surface area contributed by atoms with E-state index >= 15 is 0 Å². The summed E-state index contributed by atoms with van der Waals surface area (Å²) >= 11 is 0. The Hall–Kier alpha value is -0.610. The summed E-state index contributed by atoms with van der Waals surface area (Å²) < 4.78 is 4.93. The molecule has 0 saturated heterocycles. The maximum Gasteiger partial charge on any atom is 0.309 e. The molecule has 2 aliphatic rings. The van der Waals surface area contributed by atoms with E-state index in [-0.39, 0.29) is 23.7 Å². The third kappa shape index (κ3) is 1.53. The number of ether oxygens (including phenoxy) is 1. The second-order valence-corrected chi connectivity index (χ2v) is 4.21. The number of rotatable bonds is 2. The Bertz CT molecular complexity index is 224. The van der Waals surface area contributed by atoms with E-state index in [1.807, 2.05) is 0 Å². The van der Waals surface area contributed by atoms with Gasteiger partial charge in [-0.25, -0.2) is 0 Å². The molecule has 80 valence electrons. The molecular weight excluding hydrogens is 184 g/mol. The van der Waals surface area contributed by atoms with E-state index in [1.165, 1.54) is 0 Å². The van der Waals surface area contributed by atoms with Gasteiger partial charge in [-0.3, -0.25) is 4.79 Å². The molecule has 5 atom stereocenters. The standard InChI is InChI=1S/C10H16O4/c1-2-14-10(13)9-5-3-7(11)8(12)4-6(5)9/h5-9,11-12H,2-4H2,1H3/t5-,6+,7+,8-,9?. The van der Waals surface area contributed by atoms with Crippen molar-refractivity contribution in [2.24, 2.45) is 17.8 Å². The van der Waals surface area contributed by atoms with E-state index in [0.717, 1.165) is 0 Å².